The molecule has 11 aromatic rings. The summed E-state index contributed by atoms with van der Waals surface area (Å²) >= 11 is 0. The number of aromatic nitrogens is 3. The zero-order valence-corrected chi connectivity index (χ0v) is 30.1. The van der Waals surface area contributed by atoms with Crippen molar-refractivity contribution in [2.45, 2.75) is 0 Å². The minimum absolute atomic E-state index is 0.582. The Kier molecular flexibility index (Phi) is 7.42. The molecule has 5 nitrogen and oxygen atoms in total. The minimum atomic E-state index is 0.582. The number of para-hydroxylation sites is 1. The van der Waals surface area contributed by atoms with Gasteiger partial charge in [0.1, 0.15) is 22.3 Å². The number of hydrogen-bond acceptors (Lipinski definition) is 5. The summed E-state index contributed by atoms with van der Waals surface area (Å²) in [6.45, 7) is 0. The second-order valence-electron chi connectivity index (χ2n) is 14.0. The van der Waals surface area contributed by atoms with Crippen molar-refractivity contribution in [2.24, 2.45) is 0 Å². The van der Waals surface area contributed by atoms with Gasteiger partial charge in [-0.25, -0.2) is 15.0 Å². The minimum Gasteiger partial charge on any atom is -0.456 e. The Balaban J connectivity index is 1.09. The molecule has 5 heteroatoms. The molecule has 3 heterocycles. The Bertz CT molecular complexity index is 3240. The summed E-state index contributed by atoms with van der Waals surface area (Å²) in [7, 11) is 0. The quantitative estimate of drug-likeness (QED) is 0.171. The molecule has 0 bridgehead atoms. The molecule has 0 unspecified atom stereocenters. The highest BCUT2D eigenvalue weighted by Gasteiger charge is 2.20. The molecule has 0 radical (unpaired) electrons. The van der Waals surface area contributed by atoms with E-state index in [0.717, 1.165) is 93.9 Å². The Hall–Kier alpha value is -7.63. The van der Waals surface area contributed by atoms with E-state index >= 15 is 0 Å². The van der Waals surface area contributed by atoms with Gasteiger partial charge < -0.3 is 8.83 Å². The SMILES string of the molecule is c1ccc(-c2cccc(-c3nc(-c4ccccc4)nc(-c4cccc5oc6cc(-c7cc(-c8ccccc8)cc8oc9ccccc9c78)ccc6c45)n3)c2)cc1. The number of hydrogen-bond donors (Lipinski definition) is 0. The van der Waals surface area contributed by atoms with Crippen LogP contribution in [0.5, 0.6) is 0 Å². The first-order chi connectivity index (χ1) is 27.7. The van der Waals surface area contributed by atoms with Crippen LogP contribution < -0.4 is 0 Å². The van der Waals surface area contributed by atoms with Crippen LogP contribution in [0.15, 0.2) is 197 Å². The third-order valence-corrected chi connectivity index (χ3v) is 10.5. The molecule has 0 aliphatic rings. The summed E-state index contributed by atoms with van der Waals surface area (Å²) in [6, 6.07) is 64.5. The van der Waals surface area contributed by atoms with E-state index in [9.17, 15) is 0 Å². The molecule has 8 aromatic carbocycles. The van der Waals surface area contributed by atoms with Crippen molar-refractivity contribution >= 4 is 43.9 Å². The third-order valence-electron chi connectivity index (χ3n) is 10.5. The van der Waals surface area contributed by atoms with Gasteiger partial charge in [0.25, 0.3) is 0 Å². The van der Waals surface area contributed by atoms with Gasteiger partial charge in [0.2, 0.25) is 0 Å². The first-order valence-corrected chi connectivity index (χ1v) is 18.7. The summed E-state index contributed by atoms with van der Waals surface area (Å²) in [5.41, 5.74) is 12.5. The normalized spacial score (nSPS) is 11.6. The maximum atomic E-state index is 6.67. The van der Waals surface area contributed by atoms with Gasteiger partial charge in [-0.2, -0.15) is 0 Å². The van der Waals surface area contributed by atoms with E-state index in [2.05, 4.69) is 121 Å². The fourth-order valence-corrected chi connectivity index (χ4v) is 7.87. The molecule has 262 valence electrons. The lowest BCUT2D eigenvalue weighted by Crippen LogP contribution is -2.00. The van der Waals surface area contributed by atoms with Crippen LogP contribution in [-0.2, 0) is 0 Å². The van der Waals surface area contributed by atoms with E-state index in [4.69, 9.17) is 23.8 Å². The van der Waals surface area contributed by atoms with E-state index in [0.29, 0.717) is 17.5 Å². The average molecular weight is 718 g/mol. The Morgan fingerprint density at radius 2 is 0.804 bits per heavy atom. The van der Waals surface area contributed by atoms with Crippen molar-refractivity contribution in [3.8, 4) is 67.5 Å². The first-order valence-electron chi connectivity index (χ1n) is 18.7. The van der Waals surface area contributed by atoms with Crippen LogP contribution in [0.25, 0.3) is 111 Å². The Morgan fingerprint density at radius 3 is 1.59 bits per heavy atom. The van der Waals surface area contributed by atoms with Crippen molar-refractivity contribution in [2.75, 3.05) is 0 Å². The van der Waals surface area contributed by atoms with E-state index in [1.165, 1.54) is 0 Å². The van der Waals surface area contributed by atoms with Crippen LogP contribution in [0.3, 0.4) is 0 Å². The predicted octanol–water partition coefficient (Wildman–Crippen LogP) is 13.7. The standard InChI is InChI=1S/C51H31N3O2/c1-4-14-32(15-5-1)35-20-12-21-37(28-35)50-52-49(34-18-8-3-9-19-34)53-51(54-50)41-23-13-25-44-47(41)40-27-26-36(30-45(40)56-44)42-29-38(33-16-6-2-7-17-33)31-46-48(42)39-22-10-11-24-43(39)55-46/h1-31H. The number of fused-ring (bicyclic) bond motifs is 6. The fraction of sp³-hybridized carbons (Fsp3) is 0. The highest BCUT2D eigenvalue weighted by molar-refractivity contribution is 6.16. The predicted molar refractivity (Wildman–Crippen MR) is 227 cm³/mol. The van der Waals surface area contributed by atoms with Crippen molar-refractivity contribution in [1.29, 1.82) is 0 Å². The number of nitrogens with zero attached hydrogens (tertiary/aromatic N) is 3. The molecule has 0 aliphatic heterocycles. The molecular weight excluding hydrogens is 687 g/mol. The molecule has 11 rings (SSSR count). The van der Waals surface area contributed by atoms with Gasteiger partial charge in [0.05, 0.1) is 0 Å². The number of benzene rings is 8. The summed E-state index contributed by atoms with van der Waals surface area (Å²) in [4.78, 5) is 15.3. The zero-order valence-electron chi connectivity index (χ0n) is 30.1. The van der Waals surface area contributed by atoms with Gasteiger partial charge in [0.15, 0.2) is 17.5 Å². The molecule has 0 aliphatic carbocycles. The lowest BCUT2D eigenvalue weighted by molar-refractivity contribution is 0.668. The molecule has 0 fully saturated rings. The Morgan fingerprint density at radius 1 is 0.268 bits per heavy atom. The fourth-order valence-electron chi connectivity index (χ4n) is 7.87. The smallest absolute Gasteiger partial charge is 0.164 e. The second kappa shape index (κ2) is 13.0. The lowest BCUT2D eigenvalue weighted by atomic mass is 9.94. The number of rotatable bonds is 6. The topological polar surface area (TPSA) is 65.0 Å². The van der Waals surface area contributed by atoms with Crippen molar-refractivity contribution in [1.82, 2.24) is 15.0 Å². The van der Waals surface area contributed by atoms with Gasteiger partial charge in [-0.15, -0.1) is 0 Å². The largest absolute Gasteiger partial charge is 0.456 e. The van der Waals surface area contributed by atoms with Crippen molar-refractivity contribution < 1.29 is 8.83 Å². The van der Waals surface area contributed by atoms with Crippen LogP contribution in [0.4, 0.5) is 0 Å². The number of furan rings is 2. The molecule has 0 amide bonds. The van der Waals surface area contributed by atoms with Crippen LogP contribution in [0.1, 0.15) is 0 Å². The molecule has 0 atom stereocenters. The summed E-state index contributed by atoms with van der Waals surface area (Å²) < 4.78 is 13.1. The molecule has 56 heavy (non-hydrogen) atoms. The van der Waals surface area contributed by atoms with E-state index in [1.54, 1.807) is 0 Å². The molecule has 3 aromatic heterocycles. The monoisotopic (exact) mass is 717 g/mol. The average Bonchev–Trinajstić information content (AvgIpc) is 3.85. The summed E-state index contributed by atoms with van der Waals surface area (Å²) in [5, 5.41) is 4.11. The Labute approximate surface area is 322 Å². The second-order valence-corrected chi connectivity index (χ2v) is 14.0. The molecule has 0 saturated carbocycles. The molecular formula is C51H31N3O2. The first kappa shape index (κ1) is 31.9. The lowest BCUT2D eigenvalue weighted by Gasteiger charge is -2.10. The van der Waals surface area contributed by atoms with Gasteiger partial charge >= 0.3 is 0 Å². The van der Waals surface area contributed by atoms with E-state index in [1.807, 2.05) is 66.7 Å². The maximum Gasteiger partial charge on any atom is 0.164 e. The van der Waals surface area contributed by atoms with Gasteiger partial charge in [-0.1, -0.05) is 146 Å². The molecule has 0 spiro atoms. The van der Waals surface area contributed by atoms with Gasteiger partial charge in [0, 0.05) is 38.2 Å². The van der Waals surface area contributed by atoms with E-state index < -0.39 is 0 Å². The van der Waals surface area contributed by atoms with Crippen LogP contribution >= 0.6 is 0 Å². The summed E-state index contributed by atoms with van der Waals surface area (Å²) in [6.07, 6.45) is 0. The van der Waals surface area contributed by atoms with E-state index in [-0.39, 0.29) is 0 Å². The highest BCUT2D eigenvalue weighted by atomic mass is 16.3. The zero-order chi connectivity index (χ0) is 37.0. The molecule has 0 saturated heterocycles. The van der Waals surface area contributed by atoms with Crippen LogP contribution in [0.2, 0.25) is 0 Å². The van der Waals surface area contributed by atoms with Crippen LogP contribution in [-0.4, -0.2) is 15.0 Å². The van der Waals surface area contributed by atoms with Crippen molar-refractivity contribution in [3.05, 3.63) is 188 Å². The molecule has 0 N–H and O–H groups in total. The van der Waals surface area contributed by atoms with Gasteiger partial charge in [-0.3, -0.25) is 0 Å². The maximum absolute atomic E-state index is 6.67. The third kappa shape index (κ3) is 5.45. The highest BCUT2D eigenvalue weighted by Crippen LogP contribution is 2.43. The van der Waals surface area contributed by atoms with Crippen molar-refractivity contribution in [3.63, 3.8) is 0 Å². The van der Waals surface area contributed by atoms with Crippen LogP contribution in [0, 0.1) is 0 Å². The summed E-state index contributed by atoms with van der Waals surface area (Å²) in [5.74, 6) is 1.80. The van der Waals surface area contributed by atoms with Gasteiger partial charge in [-0.05, 0) is 75.8 Å².